The van der Waals surface area contributed by atoms with E-state index in [9.17, 15) is 36.2 Å². The van der Waals surface area contributed by atoms with E-state index in [2.05, 4.69) is 31.0 Å². The van der Waals surface area contributed by atoms with Crippen LogP contribution in [0.4, 0.5) is 26.3 Å². The van der Waals surface area contributed by atoms with Gasteiger partial charge in [-0.3, -0.25) is 15.0 Å². The number of halogens is 6. The molecule has 1 unspecified atom stereocenters. The van der Waals surface area contributed by atoms with Crippen molar-refractivity contribution in [1.29, 1.82) is 0 Å². The van der Waals surface area contributed by atoms with E-state index < -0.39 is 55.4 Å². The lowest BCUT2D eigenvalue weighted by atomic mass is 10.1. The monoisotopic (exact) mass is 592 g/mol. The summed E-state index contributed by atoms with van der Waals surface area (Å²) >= 11 is 0. The molecule has 0 radical (unpaired) electrons. The van der Waals surface area contributed by atoms with Gasteiger partial charge in [-0.25, -0.2) is 14.1 Å². The van der Waals surface area contributed by atoms with Gasteiger partial charge in [0.2, 0.25) is 0 Å². The number of nitrogens with one attached hydrogen (secondary N) is 2. The Labute approximate surface area is 228 Å². The van der Waals surface area contributed by atoms with Crippen molar-refractivity contribution in [3.05, 3.63) is 41.1 Å². The fourth-order valence-electron chi connectivity index (χ4n) is 4.22. The van der Waals surface area contributed by atoms with E-state index >= 15 is 0 Å². The molecule has 2 fully saturated rings. The number of carbonyl (C=O) groups excluding carboxylic acids is 1. The van der Waals surface area contributed by atoms with Crippen molar-refractivity contribution >= 4 is 11.6 Å². The Morgan fingerprint density at radius 3 is 2.61 bits per heavy atom. The highest BCUT2D eigenvalue weighted by Crippen LogP contribution is 2.40. The Morgan fingerprint density at radius 2 is 1.98 bits per heavy atom. The van der Waals surface area contributed by atoms with Crippen LogP contribution in [0, 0.1) is 0 Å². The first-order chi connectivity index (χ1) is 19.1. The summed E-state index contributed by atoms with van der Waals surface area (Å²) in [6, 6.07) is -1.59. The molecule has 0 spiro atoms. The largest absolute Gasteiger partial charge is 0.416 e. The molecule has 12 nitrogen and oxygen atoms in total. The van der Waals surface area contributed by atoms with E-state index in [1.54, 1.807) is 0 Å². The van der Waals surface area contributed by atoms with Crippen LogP contribution in [0.3, 0.4) is 0 Å². The number of amides is 1. The highest BCUT2D eigenvalue weighted by Gasteiger charge is 2.49. The standard InChI is InChI=1S/C23H26F6N8O4/c1-21(2,23(27,28)29)40-10-14(32-19(38)18-17(12-3-4-12)34-41-35-18)13-8-37-16(31-13)5-11(6-30-37)7-36-9-15(22(24,25)26)33-20(36)39/h5-6,8,12,14-15,20,33,39H,3-4,7,9-10H2,1-2H3,(H,32,38)/t14-,15-,20?/m0/s1. The van der Waals surface area contributed by atoms with E-state index in [0.29, 0.717) is 11.3 Å². The third kappa shape index (κ3) is 6.29. The molecule has 3 aromatic rings. The number of alkyl halides is 6. The summed E-state index contributed by atoms with van der Waals surface area (Å²) in [4.78, 5) is 18.6. The summed E-state index contributed by atoms with van der Waals surface area (Å²) in [5, 5.41) is 26.2. The van der Waals surface area contributed by atoms with Gasteiger partial charge in [0, 0.05) is 19.0 Å². The predicted molar refractivity (Wildman–Crippen MR) is 125 cm³/mol. The average Bonchev–Trinajstić information content (AvgIpc) is 3.27. The Bertz CT molecular complexity index is 1400. The highest BCUT2D eigenvalue weighted by molar-refractivity contribution is 5.93. The molecule has 3 N–H and O–H groups in total. The second-order valence-electron chi connectivity index (χ2n) is 10.5. The van der Waals surface area contributed by atoms with Crippen molar-refractivity contribution in [3.63, 3.8) is 0 Å². The average molecular weight is 593 g/mol. The van der Waals surface area contributed by atoms with Crippen LogP contribution in [0.1, 0.15) is 66.1 Å². The van der Waals surface area contributed by atoms with E-state index in [-0.39, 0.29) is 29.5 Å². The molecule has 3 atom stereocenters. The van der Waals surface area contributed by atoms with E-state index in [0.717, 1.165) is 31.6 Å². The van der Waals surface area contributed by atoms with Crippen molar-refractivity contribution in [2.75, 3.05) is 13.2 Å². The van der Waals surface area contributed by atoms with Gasteiger partial charge < -0.3 is 15.2 Å². The number of aliphatic hydroxyl groups is 1. The van der Waals surface area contributed by atoms with Gasteiger partial charge >= 0.3 is 12.4 Å². The lowest BCUT2D eigenvalue weighted by Gasteiger charge is -2.29. The lowest BCUT2D eigenvalue weighted by molar-refractivity contribution is -0.265. The fraction of sp³-hybridized carbons (Fsp3) is 0.609. The number of aliphatic hydroxyl groups excluding tert-OH is 1. The number of hydrogen-bond donors (Lipinski definition) is 3. The molecule has 0 bridgehead atoms. The Hall–Kier alpha value is -3.35. The predicted octanol–water partition coefficient (Wildman–Crippen LogP) is 2.43. The second kappa shape index (κ2) is 10.5. The van der Waals surface area contributed by atoms with Crippen LogP contribution in [-0.2, 0) is 11.3 Å². The molecule has 224 valence electrons. The number of carbonyl (C=O) groups is 1. The quantitative estimate of drug-likeness (QED) is 0.317. The second-order valence-corrected chi connectivity index (χ2v) is 10.5. The number of rotatable bonds is 9. The van der Waals surface area contributed by atoms with Crippen molar-refractivity contribution < 1.29 is 45.6 Å². The van der Waals surface area contributed by atoms with Gasteiger partial charge in [0.1, 0.15) is 11.7 Å². The third-order valence-corrected chi connectivity index (χ3v) is 6.94. The number of nitrogens with zero attached hydrogens (tertiary/aromatic N) is 6. The molecule has 1 aliphatic heterocycles. The van der Waals surface area contributed by atoms with Crippen molar-refractivity contribution in [2.24, 2.45) is 0 Å². The minimum Gasteiger partial charge on any atom is -0.365 e. The lowest BCUT2D eigenvalue weighted by Crippen LogP contribution is -2.44. The van der Waals surface area contributed by atoms with Gasteiger partial charge in [-0.1, -0.05) is 5.16 Å². The number of aromatic nitrogens is 5. The molecular formula is C23H26F6N8O4. The molecule has 4 heterocycles. The maximum absolute atomic E-state index is 13.5. The minimum absolute atomic E-state index is 0.00872. The Balaban J connectivity index is 1.37. The topological polar surface area (TPSA) is 143 Å². The Kier molecular flexibility index (Phi) is 7.46. The van der Waals surface area contributed by atoms with Crippen molar-refractivity contribution in [3.8, 4) is 0 Å². The van der Waals surface area contributed by atoms with Crippen LogP contribution >= 0.6 is 0 Å². The number of fused-ring (bicyclic) bond motifs is 1. The van der Waals surface area contributed by atoms with Crippen LogP contribution in [0.2, 0.25) is 0 Å². The van der Waals surface area contributed by atoms with Crippen molar-refractivity contribution in [1.82, 2.24) is 40.4 Å². The van der Waals surface area contributed by atoms with Crippen LogP contribution in [-0.4, -0.2) is 84.3 Å². The van der Waals surface area contributed by atoms with Crippen molar-refractivity contribution in [2.45, 2.75) is 75.5 Å². The number of hydrogen-bond acceptors (Lipinski definition) is 10. The third-order valence-electron chi connectivity index (χ3n) is 6.94. The maximum Gasteiger partial charge on any atom is 0.416 e. The van der Waals surface area contributed by atoms with Crippen LogP contribution in [0.15, 0.2) is 23.1 Å². The molecule has 5 rings (SSSR count). The van der Waals surface area contributed by atoms with E-state index in [1.807, 2.05) is 0 Å². The first-order valence-corrected chi connectivity index (χ1v) is 12.6. The normalized spacial score (nSPS) is 21.5. The summed E-state index contributed by atoms with van der Waals surface area (Å²) in [6.45, 7) is 0.486. The molecule has 3 aromatic heterocycles. The van der Waals surface area contributed by atoms with Crippen LogP contribution < -0.4 is 10.6 Å². The number of ether oxygens (including phenoxy) is 1. The number of imidazole rings is 1. The zero-order chi connectivity index (χ0) is 29.7. The first kappa shape index (κ1) is 29.2. The molecule has 1 saturated carbocycles. The van der Waals surface area contributed by atoms with Gasteiger partial charge in [0.15, 0.2) is 23.3 Å². The highest BCUT2D eigenvalue weighted by atomic mass is 19.4. The maximum atomic E-state index is 13.5. The SMILES string of the molecule is CC(C)(OC[C@H](NC(=O)c1nonc1C1CC1)c1cn2ncc(CN3C[C@@H](C(F)(F)F)NC3O)cc2n1)C(F)(F)F. The summed E-state index contributed by atoms with van der Waals surface area (Å²) in [5.74, 6) is -0.735. The van der Waals surface area contributed by atoms with Gasteiger partial charge in [-0.2, -0.15) is 31.4 Å². The van der Waals surface area contributed by atoms with E-state index in [4.69, 9.17) is 9.37 Å². The van der Waals surface area contributed by atoms with Crippen LogP contribution in [0.25, 0.3) is 5.65 Å². The van der Waals surface area contributed by atoms with Gasteiger partial charge in [-0.15, -0.1) is 0 Å². The molecular weight excluding hydrogens is 566 g/mol. The Morgan fingerprint density at radius 1 is 1.24 bits per heavy atom. The zero-order valence-corrected chi connectivity index (χ0v) is 21.7. The zero-order valence-electron chi connectivity index (χ0n) is 21.7. The van der Waals surface area contributed by atoms with Gasteiger partial charge in [-0.05, 0) is 43.5 Å². The van der Waals surface area contributed by atoms with E-state index in [1.165, 1.54) is 23.0 Å². The first-order valence-electron chi connectivity index (χ1n) is 12.6. The minimum atomic E-state index is -4.70. The smallest absolute Gasteiger partial charge is 0.365 e. The molecule has 41 heavy (non-hydrogen) atoms. The summed E-state index contributed by atoms with van der Waals surface area (Å²) in [6.07, 6.45) is -6.46. The fourth-order valence-corrected chi connectivity index (χ4v) is 4.22. The van der Waals surface area contributed by atoms with Gasteiger partial charge in [0.25, 0.3) is 5.91 Å². The molecule has 1 aliphatic carbocycles. The molecule has 2 aliphatic rings. The molecule has 1 amide bonds. The summed E-state index contributed by atoms with van der Waals surface area (Å²) < 4.78 is 90.6. The molecule has 1 saturated heterocycles. The van der Waals surface area contributed by atoms with Gasteiger partial charge in [0.05, 0.1) is 30.7 Å². The summed E-state index contributed by atoms with van der Waals surface area (Å²) in [5.41, 5.74) is -1.57. The van der Waals surface area contributed by atoms with Crippen LogP contribution in [0.5, 0.6) is 0 Å². The summed E-state index contributed by atoms with van der Waals surface area (Å²) in [7, 11) is 0. The molecule has 18 heteroatoms. The molecule has 0 aromatic carbocycles.